The number of unbranched alkanes of at least 4 members (excludes halogenated alkanes) is 36. The smallest absolute Gasteiger partial charge is 0.220 e. The Morgan fingerprint density at radius 3 is 0.900 bits per heavy atom. The van der Waals surface area contributed by atoms with Crippen LogP contribution < -0.4 is 5.32 Å². The molecule has 0 aliphatic rings. The van der Waals surface area contributed by atoms with Gasteiger partial charge in [0.25, 0.3) is 0 Å². The summed E-state index contributed by atoms with van der Waals surface area (Å²) in [5.41, 5.74) is 0. The summed E-state index contributed by atoms with van der Waals surface area (Å²) >= 11 is 0. The second-order valence-electron chi connectivity index (χ2n) is 16.2. The first-order chi connectivity index (χ1) is 24.7. The predicted molar refractivity (Wildman–Crippen MR) is 221 cm³/mol. The van der Waals surface area contributed by atoms with Crippen LogP contribution in [0.25, 0.3) is 0 Å². The summed E-state index contributed by atoms with van der Waals surface area (Å²) in [6, 6.07) is -0.529. The van der Waals surface area contributed by atoms with Crippen molar-refractivity contribution in [3.63, 3.8) is 0 Å². The molecule has 300 valence electrons. The standard InChI is InChI=1S/C46H93NO3/c1-3-5-7-9-11-13-15-17-19-21-23-24-25-27-29-31-33-35-37-39-41-45(49)44(43-48)47-46(50)42-40-38-36-34-32-30-28-26-22-20-18-16-14-12-10-8-6-4-2/h44-45,48-49H,3-43H2,1-2H3,(H,47,50). The van der Waals surface area contributed by atoms with Crippen LogP contribution in [0.5, 0.6) is 0 Å². The van der Waals surface area contributed by atoms with Crippen LogP contribution in [0.15, 0.2) is 0 Å². The maximum absolute atomic E-state index is 12.4. The van der Waals surface area contributed by atoms with Gasteiger partial charge in [-0.15, -0.1) is 0 Å². The van der Waals surface area contributed by atoms with Crippen molar-refractivity contribution in [3.05, 3.63) is 0 Å². The summed E-state index contributed by atoms with van der Waals surface area (Å²) in [7, 11) is 0. The fourth-order valence-electron chi connectivity index (χ4n) is 7.54. The molecule has 1 amide bonds. The van der Waals surface area contributed by atoms with Crippen LogP contribution in [0.1, 0.15) is 271 Å². The fraction of sp³-hybridized carbons (Fsp3) is 0.978. The van der Waals surface area contributed by atoms with Gasteiger partial charge in [-0.3, -0.25) is 4.79 Å². The van der Waals surface area contributed by atoms with Gasteiger partial charge in [0.1, 0.15) is 0 Å². The lowest BCUT2D eigenvalue weighted by molar-refractivity contribution is -0.123. The fourth-order valence-corrected chi connectivity index (χ4v) is 7.54. The molecule has 2 atom stereocenters. The van der Waals surface area contributed by atoms with E-state index in [1.165, 1.54) is 218 Å². The molecular weight excluding hydrogens is 615 g/mol. The van der Waals surface area contributed by atoms with Crippen molar-refractivity contribution in [2.45, 2.75) is 283 Å². The Hall–Kier alpha value is -0.610. The summed E-state index contributed by atoms with van der Waals surface area (Å²) in [4.78, 5) is 12.4. The highest BCUT2D eigenvalue weighted by molar-refractivity contribution is 5.76. The zero-order valence-electron chi connectivity index (χ0n) is 34.4. The zero-order valence-corrected chi connectivity index (χ0v) is 34.4. The van der Waals surface area contributed by atoms with Crippen molar-refractivity contribution in [1.29, 1.82) is 0 Å². The van der Waals surface area contributed by atoms with E-state index in [9.17, 15) is 15.0 Å². The lowest BCUT2D eigenvalue weighted by atomic mass is 10.0. The van der Waals surface area contributed by atoms with Crippen molar-refractivity contribution in [1.82, 2.24) is 5.32 Å². The van der Waals surface area contributed by atoms with Crippen LogP contribution in [-0.4, -0.2) is 34.9 Å². The number of carbonyl (C=O) groups excluding carboxylic acids is 1. The van der Waals surface area contributed by atoms with Gasteiger partial charge in [-0.2, -0.15) is 0 Å². The van der Waals surface area contributed by atoms with Crippen molar-refractivity contribution in [3.8, 4) is 0 Å². The highest BCUT2D eigenvalue weighted by atomic mass is 16.3. The average molecular weight is 708 g/mol. The molecule has 4 heteroatoms. The summed E-state index contributed by atoms with van der Waals surface area (Å²) in [5, 5.41) is 23.2. The molecule has 0 aromatic carbocycles. The Bertz CT molecular complexity index is 641. The average Bonchev–Trinajstić information content (AvgIpc) is 3.12. The molecule has 0 bridgehead atoms. The summed E-state index contributed by atoms with van der Waals surface area (Å²) in [5.74, 6) is -0.0249. The predicted octanol–water partition coefficient (Wildman–Crippen LogP) is 14.5. The third-order valence-corrected chi connectivity index (χ3v) is 11.1. The van der Waals surface area contributed by atoms with E-state index in [-0.39, 0.29) is 12.5 Å². The molecule has 0 rings (SSSR count). The Morgan fingerprint density at radius 2 is 0.640 bits per heavy atom. The second kappa shape index (κ2) is 42.8. The van der Waals surface area contributed by atoms with Crippen LogP contribution in [0.2, 0.25) is 0 Å². The Balaban J connectivity index is 3.45. The van der Waals surface area contributed by atoms with Crippen LogP contribution in [-0.2, 0) is 4.79 Å². The van der Waals surface area contributed by atoms with Gasteiger partial charge in [0, 0.05) is 6.42 Å². The SMILES string of the molecule is CCCCCCCCCCCCCCCCCCCCCCC(O)C(CO)NC(=O)CCCCCCCCCCCCCCCCCCCC. The molecule has 0 aliphatic carbocycles. The van der Waals surface area contributed by atoms with Gasteiger partial charge in [0.2, 0.25) is 5.91 Å². The van der Waals surface area contributed by atoms with Crippen molar-refractivity contribution in [2.75, 3.05) is 6.61 Å². The number of aliphatic hydroxyl groups excluding tert-OH is 2. The molecule has 0 radical (unpaired) electrons. The van der Waals surface area contributed by atoms with Crippen LogP contribution in [0.4, 0.5) is 0 Å². The number of rotatable bonds is 43. The molecule has 50 heavy (non-hydrogen) atoms. The first-order valence-electron chi connectivity index (χ1n) is 23.2. The quantitative estimate of drug-likeness (QED) is 0.0553. The maximum Gasteiger partial charge on any atom is 0.220 e. The number of aliphatic hydroxyl groups is 2. The van der Waals surface area contributed by atoms with Gasteiger partial charge in [-0.05, 0) is 12.8 Å². The molecule has 0 aromatic rings. The van der Waals surface area contributed by atoms with E-state index < -0.39 is 12.1 Å². The first-order valence-corrected chi connectivity index (χ1v) is 23.2. The van der Waals surface area contributed by atoms with E-state index in [0.717, 1.165) is 25.7 Å². The Kier molecular flexibility index (Phi) is 42.3. The number of nitrogens with one attached hydrogen (secondary N) is 1. The minimum atomic E-state index is -0.653. The zero-order chi connectivity index (χ0) is 36.4. The lowest BCUT2D eigenvalue weighted by Gasteiger charge is -2.22. The molecule has 0 saturated carbocycles. The Labute approximate surface area is 314 Å². The molecule has 4 nitrogen and oxygen atoms in total. The van der Waals surface area contributed by atoms with Gasteiger partial charge in [0.15, 0.2) is 0 Å². The molecule has 2 unspecified atom stereocenters. The maximum atomic E-state index is 12.4. The molecule has 0 spiro atoms. The van der Waals surface area contributed by atoms with E-state index in [1.54, 1.807) is 0 Å². The monoisotopic (exact) mass is 708 g/mol. The van der Waals surface area contributed by atoms with Crippen LogP contribution in [0.3, 0.4) is 0 Å². The first kappa shape index (κ1) is 49.4. The minimum Gasteiger partial charge on any atom is -0.394 e. The van der Waals surface area contributed by atoms with Gasteiger partial charge in [0.05, 0.1) is 18.8 Å². The third kappa shape index (κ3) is 38.6. The van der Waals surface area contributed by atoms with Gasteiger partial charge >= 0.3 is 0 Å². The minimum absolute atomic E-state index is 0.0249. The largest absolute Gasteiger partial charge is 0.394 e. The summed E-state index contributed by atoms with van der Waals surface area (Å²) in [6.45, 7) is 4.39. The molecule has 0 heterocycles. The van der Waals surface area contributed by atoms with E-state index in [4.69, 9.17) is 0 Å². The molecule has 0 aliphatic heterocycles. The van der Waals surface area contributed by atoms with E-state index in [0.29, 0.717) is 12.8 Å². The highest BCUT2D eigenvalue weighted by Gasteiger charge is 2.20. The number of hydrogen-bond acceptors (Lipinski definition) is 3. The molecule has 0 fully saturated rings. The molecular formula is C46H93NO3. The number of carbonyl (C=O) groups is 1. The normalized spacial score (nSPS) is 12.8. The Morgan fingerprint density at radius 1 is 0.400 bits per heavy atom. The molecule has 0 aromatic heterocycles. The lowest BCUT2D eigenvalue weighted by Crippen LogP contribution is -2.45. The van der Waals surface area contributed by atoms with Gasteiger partial charge < -0.3 is 15.5 Å². The summed E-state index contributed by atoms with van der Waals surface area (Å²) < 4.78 is 0. The third-order valence-electron chi connectivity index (χ3n) is 11.1. The van der Waals surface area contributed by atoms with E-state index in [1.807, 2.05) is 0 Å². The van der Waals surface area contributed by atoms with Crippen LogP contribution in [0, 0.1) is 0 Å². The van der Waals surface area contributed by atoms with E-state index >= 15 is 0 Å². The number of amides is 1. The van der Waals surface area contributed by atoms with E-state index in [2.05, 4.69) is 19.2 Å². The molecule has 0 saturated heterocycles. The molecule has 3 N–H and O–H groups in total. The van der Waals surface area contributed by atoms with Crippen molar-refractivity contribution >= 4 is 5.91 Å². The van der Waals surface area contributed by atoms with Gasteiger partial charge in [-0.1, -0.05) is 251 Å². The number of hydrogen-bond donors (Lipinski definition) is 3. The van der Waals surface area contributed by atoms with Crippen LogP contribution >= 0.6 is 0 Å². The second-order valence-corrected chi connectivity index (χ2v) is 16.2. The summed E-state index contributed by atoms with van der Waals surface area (Å²) in [6.07, 6.45) is 51.9. The van der Waals surface area contributed by atoms with Gasteiger partial charge in [-0.25, -0.2) is 0 Å². The topological polar surface area (TPSA) is 69.6 Å². The highest BCUT2D eigenvalue weighted by Crippen LogP contribution is 2.17. The van der Waals surface area contributed by atoms with Crippen molar-refractivity contribution < 1.29 is 15.0 Å². The van der Waals surface area contributed by atoms with Crippen molar-refractivity contribution in [2.24, 2.45) is 0 Å².